The van der Waals surface area contributed by atoms with E-state index in [1.807, 2.05) is 24.3 Å². The van der Waals surface area contributed by atoms with Crippen LogP contribution in [0.2, 0.25) is 0 Å². The third-order valence-corrected chi connectivity index (χ3v) is 4.22. The van der Waals surface area contributed by atoms with E-state index in [4.69, 9.17) is 10.5 Å². The Kier molecular flexibility index (Phi) is 4.53. The molecule has 0 aliphatic rings. The lowest BCUT2D eigenvalue weighted by molar-refractivity contribution is -0.274. The average molecular weight is 403 g/mol. The van der Waals surface area contributed by atoms with Crippen LogP contribution in [0.25, 0.3) is 22.6 Å². The van der Waals surface area contributed by atoms with Gasteiger partial charge in [-0.1, -0.05) is 12.1 Å². The average Bonchev–Trinajstić information content (AvgIpc) is 3.23. The van der Waals surface area contributed by atoms with E-state index in [2.05, 4.69) is 19.8 Å². The zero-order valence-corrected chi connectivity index (χ0v) is 15.2. The molecule has 7 nitrogen and oxygen atoms in total. The fourth-order valence-electron chi connectivity index (χ4n) is 2.96. The first kappa shape index (κ1) is 18.7. The first-order chi connectivity index (χ1) is 13.8. The van der Waals surface area contributed by atoms with Crippen LogP contribution in [0.3, 0.4) is 0 Å². The summed E-state index contributed by atoms with van der Waals surface area (Å²) in [5.41, 5.74) is 8.33. The Bertz CT molecular complexity index is 1150. The molecule has 2 aromatic carbocycles. The van der Waals surface area contributed by atoms with Gasteiger partial charge in [-0.2, -0.15) is 5.10 Å². The summed E-state index contributed by atoms with van der Waals surface area (Å²) in [4.78, 5) is 7.44. The summed E-state index contributed by atoms with van der Waals surface area (Å²) in [6.07, 6.45) is -4.76. The largest absolute Gasteiger partial charge is 0.573 e. The molecule has 0 amide bonds. The monoisotopic (exact) mass is 403 g/mol. The highest BCUT2D eigenvalue weighted by atomic mass is 19.4. The van der Waals surface area contributed by atoms with Gasteiger partial charge < -0.3 is 20.2 Å². The number of aromatic nitrogens is 4. The molecule has 3 N–H and O–H groups in total. The summed E-state index contributed by atoms with van der Waals surface area (Å²) < 4.78 is 48.1. The van der Waals surface area contributed by atoms with Gasteiger partial charge in [-0.25, -0.2) is 4.98 Å². The number of nitrogens with one attached hydrogen (secondary N) is 1. The molecule has 0 radical (unpaired) electrons. The van der Waals surface area contributed by atoms with Gasteiger partial charge in [0.25, 0.3) is 0 Å². The minimum atomic E-state index is -4.76. The summed E-state index contributed by atoms with van der Waals surface area (Å²) in [5, 5.41) is 4.29. The second-order valence-corrected chi connectivity index (χ2v) is 6.27. The van der Waals surface area contributed by atoms with Crippen LogP contribution < -0.4 is 15.2 Å². The number of methoxy groups -OCH3 is 1. The number of nitrogen functional groups attached to an aromatic ring is 1. The maximum Gasteiger partial charge on any atom is 0.573 e. The van der Waals surface area contributed by atoms with Gasteiger partial charge in [0.15, 0.2) is 5.82 Å². The molecule has 10 heteroatoms. The van der Waals surface area contributed by atoms with Crippen molar-refractivity contribution in [3.63, 3.8) is 0 Å². The molecular weight excluding hydrogens is 387 g/mol. The van der Waals surface area contributed by atoms with Crippen LogP contribution in [-0.2, 0) is 6.54 Å². The summed E-state index contributed by atoms with van der Waals surface area (Å²) in [6.45, 7) is 0.427. The number of aromatic amines is 1. The Hall–Kier alpha value is -3.69. The van der Waals surface area contributed by atoms with Crippen LogP contribution >= 0.6 is 0 Å². The molecule has 2 aromatic heterocycles. The molecule has 29 heavy (non-hydrogen) atoms. The van der Waals surface area contributed by atoms with Gasteiger partial charge in [-0.15, -0.1) is 13.2 Å². The zero-order valence-electron chi connectivity index (χ0n) is 15.2. The summed E-state index contributed by atoms with van der Waals surface area (Å²) in [6, 6.07) is 13.0. The van der Waals surface area contributed by atoms with E-state index in [0.29, 0.717) is 34.9 Å². The van der Waals surface area contributed by atoms with Crippen LogP contribution in [0.1, 0.15) is 5.56 Å². The quantitative estimate of drug-likeness (QED) is 0.526. The standard InChI is InChI=1S/C19H16F3N5O2/c1-28-12-4-2-11(3-5-12)10-27-16(9-17(23)26-27)18-24-14-7-6-13(8-15(14)25-18)29-19(20,21)22/h2-9H,10H2,1H3,(H2,23,26)(H,24,25). The second-order valence-electron chi connectivity index (χ2n) is 6.27. The van der Waals surface area contributed by atoms with E-state index >= 15 is 0 Å². The van der Waals surface area contributed by atoms with E-state index in [-0.39, 0.29) is 5.75 Å². The molecule has 4 rings (SSSR count). The molecule has 0 saturated heterocycles. The minimum absolute atomic E-state index is 0.301. The lowest BCUT2D eigenvalue weighted by Gasteiger charge is -2.07. The number of nitrogens with two attached hydrogens (primary N) is 1. The predicted molar refractivity (Wildman–Crippen MR) is 101 cm³/mol. The van der Waals surface area contributed by atoms with E-state index in [0.717, 1.165) is 11.3 Å². The maximum atomic E-state index is 12.4. The second kappa shape index (κ2) is 7.04. The fraction of sp³-hybridized carbons (Fsp3) is 0.158. The molecule has 0 aliphatic heterocycles. The smallest absolute Gasteiger partial charge is 0.497 e. The summed E-state index contributed by atoms with van der Waals surface area (Å²) in [7, 11) is 1.59. The molecule has 0 aliphatic carbocycles. The van der Waals surface area contributed by atoms with Gasteiger partial charge in [0, 0.05) is 12.1 Å². The normalized spacial score (nSPS) is 11.7. The van der Waals surface area contributed by atoms with Gasteiger partial charge in [0.2, 0.25) is 0 Å². The molecule has 150 valence electrons. The molecule has 2 heterocycles. The number of ether oxygens (including phenoxy) is 2. The number of hydrogen-bond acceptors (Lipinski definition) is 5. The van der Waals surface area contributed by atoms with Crippen molar-refractivity contribution in [1.29, 1.82) is 0 Å². The first-order valence-electron chi connectivity index (χ1n) is 8.53. The Morgan fingerprint density at radius 2 is 1.79 bits per heavy atom. The number of nitrogens with zero attached hydrogens (tertiary/aromatic N) is 3. The SMILES string of the molecule is COc1ccc(Cn2nc(N)cc2-c2nc3ccc(OC(F)(F)F)cc3[nH]2)cc1. The highest BCUT2D eigenvalue weighted by Crippen LogP contribution is 2.28. The molecule has 0 bridgehead atoms. The summed E-state index contributed by atoms with van der Waals surface area (Å²) in [5.74, 6) is 1.14. The van der Waals surface area contributed by atoms with Crippen molar-refractivity contribution in [3.8, 4) is 23.0 Å². The minimum Gasteiger partial charge on any atom is -0.497 e. The first-order valence-corrected chi connectivity index (χ1v) is 8.53. The van der Waals surface area contributed by atoms with Crippen molar-refractivity contribution < 1.29 is 22.6 Å². The van der Waals surface area contributed by atoms with Crippen molar-refractivity contribution in [2.75, 3.05) is 12.8 Å². The number of rotatable bonds is 5. The molecule has 0 fully saturated rings. The highest BCUT2D eigenvalue weighted by molar-refractivity contribution is 5.80. The summed E-state index contributed by atoms with van der Waals surface area (Å²) >= 11 is 0. The van der Waals surface area contributed by atoms with Crippen molar-refractivity contribution in [2.45, 2.75) is 12.9 Å². The van der Waals surface area contributed by atoms with Gasteiger partial charge in [0.05, 0.1) is 24.7 Å². The van der Waals surface area contributed by atoms with Crippen molar-refractivity contribution >= 4 is 16.9 Å². The number of fused-ring (bicyclic) bond motifs is 1. The van der Waals surface area contributed by atoms with Crippen molar-refractivity contribution in [3.05, 3.63) is 54.1 Å². The van der Waals surface area contributed by atoms with Crippen LogP contribution in [0.4, 0.5) is 19.0 Å². The van der Waals surface area contributed by atoms with Gasteiger partial charge in [-0.05, 0) is 29.8 Å². The maximum absolute atomic E-state index is 12.4. The van der Waals surface area contributed by atoms with Crippen molar-refractivity contribution in [1.82, 2.24) is 19.7 Å². The van der Waals surface area contributed by atoms with Crippen molar-refractivity contribution in [2.24, 2.45) is 0 Å². The van der Waals surface area contributed by atoms with Crippen LogP contribution in [0, 0.1) is 0 Å². The van der Waals surface area contributed by atoms with Gasteiger partial charge in [-0.3, -0.25) is 4.68 Å². The van der Waals surface area contributed by atoms with E-state index in [1.165, 1.54) is 18.2 Å². The highest BCUT2D eigenvalue weighted by Gasteiger charge is 2.31. The molecular formula is C19H16F3N5O2. The van der Waals surface area contributed by atoms with E-state index < -0.39 is 6.36 Å². The van der Waals surface area contributed by atoms with Crippen LogP contribution in [-0.4, -0.2) is 33.2 Å². The number of hydrogen-bond donors (Lipinski definition) is 2. The van der Waals surface area contributed by atoms with Gasteiger partial charge in [0.1, 0.15) is 23.0 Å². The Morgan fingerprint density at radius 1 is 1.07 bits per heavy atom. The lowest BCUT2D eigenvalue weighted by atomic mass is 10.2. The Balaban J connectivity index is 1.66. The van der Waals surface area contributed by atoms with Crippen LogP contribution in [0.15, 0.2) is 48.5 Å². The Morgan fingerprint density at radius 3 is 2.48 bits per heavy atom. The topological polar surface area (TPSA) is 91.0 Å². The molecule has 0 unspecified atom stereocenters. The number of halogens is 3. The number of benzene rings is 2. The van der Waals surface area contributed by atoms with Crippen LogP contribution in [0.5, 0.6) is 11.5 Å². The fourth-order valence-corrected chi connectivity index (χ4v) is 2.96. The number of anilines is 1. The number of alkyl halides is 3. The molecule has 0 atom stereocenters. The number of imidazole rings is 1. The third-order valence-electron chi connectivity index (χ3n) is 4.22. The molecule has 0 saturated carbocycles. The molecule has 4 aromatic rings. The number of H-pyrrole nitrogens is 1. The molecule has 0 spiro atoms. The van der Waals surface area contributed by atoms with Gasteiger partial charge >= 0.3 is 6.36 Å². The van der Waals surface area contributed by atoms with E-state index in [1.54, 1.807) is 17.9 Å². The predicted octanol–water partition coefficient (Wildman–Crippen LogP) is 3.96. The third kappa shape index (κ3) is 4.10. The Labute approximate surface area is 162 Å². The lowest BCUT2D eigenvalue weighted by Crippen LogP contribution is -2.16. The van der Waals surface area contributed by atoms with E-state index in [9.17, 15) is 13.2 Å². The zero-order chi connectivity index (χ0) is 20.6.